The molecular formula is C28H29N3O5. The fraction of sp³-hybridized carbons (Fsp3) is 0.179. The van der Waals surface area contributed by atoms with Crippen LogP contribution in [-0.4, -0.2) is 22.9 Å². The van der Waals surface area contributed by atoms with Gasteiger partial charge in [-0.25, -0.2) is 4.79 Å². The average molecular weight is 488 g/mol. The molecule has 0 aliphatic carbocycles. The first-order valence-electron chi connectivity index (χ1n) is 11.3. The summed E-state index contributed by atoms with van der Waals surface area (Å²) in [4.78, 5) is 36.8. The molecule has 3 aromatic carbocycles. The van der Waals surface area contributed by atoms with E-state index in [1.165, 1.54) is 25.1 Å². The number of aromatic hydroxyl groups is 1. The van der Waals surface area contributed by atoms with Crippen molar-refractivity contribution in [3.8, 4) is 5.75 Å². The number of amides is 2. The highest BCUT2D eigenvalue weighted by molar-refractivity contribution is 6.01. The van der Waals surface area contributed by atoms with Crippen LogP contribution in [0.1, 0.15) is 42.8 Å². The molecule has 0 saturated heterocycles. The number of benzene rings is 3. The number of ketones is 1. The number of ether oxygens (including phenoxy) is 1. The summed E-state index contributed by atoms with van der Waals surface area (Å²) in [5.41, 5.74) is 7.60. The number of hydrogen-bond acceptors (Lipinski definition) is 6. The Morgan fingerprint density at radius 3 is 2.19 bits per heavy atom. The number of phenolic OH excluding ortho intramolecular Hbond substituents is 1. The van der Waals surface area contributed by atoms with Crippen LogP contribution in [0.25, 0.3) is 0 Å². The summed E-state index contributed by atoms with van der Waals surface area (Å²) in [7, 11) is 0. The topological polar surface area (TPSA) is 131 Å². The minimum Gasteiger partial charge on any atom is -0.508 e. The summed E-state index contributed by atoms with van der Waals surface area (Å²) >= 11 is 0. The molecule has 36 heavy (non-hydrogen) atoms. The Kier molecular flexibility index (Phi) is 8.11. The van der Waals surface area contributed by atoms with Gasteiger partial charge in [0.25, 0.3) is 0 Å². The van der Waals surface area contributed by atoms with Gasteiger partial charge in [-0.2, -0.15) is 0 Å². The molecule has 5 N–H and O–H groups in total. The zero-order valence-corrected chi connectivity index (χ0v) is 20.3. The second-order valence-corrected chi connectivity index (χ2v) is 8.87. The molecule has 0 aliphatic rings. The van der Waals surface area contributed by atoms with E-state index in [0.29, 0.717) is 28.2 Å². The van der Waals surface area contributed by atoms with E-state index >= 15 is 0 Å². The van der Waals surface area contributed by atoms with Crippen LogP contribution in [0, 0.1) is 5.41 Å². The lowest BCUT2D eigenvalue weighted by Crippen LogP contribution is -2.28. The van der Waals surface area contributed by atoms with E-state index in [-0.39, 0.29) is 17.4 Å². The van der Waals surface area contributed by atoms with Gasteiger partial charge < -0.3 is 20.9 Å². The Balaban J connectivity index is 1.78. The van der Waals surface area contributed by atoms with Crippen LogP contribution in [0.2, 0.25) is 0 Å². The number of nitrogen functional groups attached to an aromatic ring is 1. The predicted octanol–water partition coefficient (Wildman–Crippen LogP) is 5.69. The van der Waals surface area contributed by atoms with Crippen molar-refractivity contribution in [2.45, 2.75) is 26.9 Å². The molecule has 186 valence electrons. The van der Waals surface area contributed by atoms with Crippen LogP contribution >= 0.6 is 0 Å². The number of phenols is 1. The van der Waals surface area contributed by atoms with Gasteiger partial charge in [0.05, 0.1) is 11.4 Å². The summed E-state index contributed by atoms with van der Waals surface area (Å²) in [5, 5.41) is 15.1. The molecule has 0 unspecified atom stereocenters. The van der Waals surface area contributed by atoms with E-state index in [4.69, 9.17) is 10.5 Å². The third kappa shape index (κ3) is 6.96. The first-order chi connectivity index (χ1) is 17.0. The molecule has 0 aliphatic heterocycles. The first kappa shape index (κ1) is 26.0. The summed E-state index contributed by atoms with van der Waals surface area (Å²) in [6.45, 7) is 5.10. The quantitative estimate of drug-likeness (QED) is 0.183. The van der Waals surface area contributed by atoms with E-state index in [1.54, 1.807) is 66.7 Å². The van der Waals surface area contributed by atoms with Crippen molar-refractivity contribution in [1.29, 1.82) is 0 Å². The summed E-state index contributed by atoms with van der Waals surface area (Å²) < 4.78 is 5.79. The van der Waals surface area contributed by atoms with Crippen molar-refractivity contribution in [1.82, 2.24) is 0 Å². The van der Waals surface area contributed by atoms with Crippen molar-refractivity contribution in [3.05, 3.63) is 96.1 Å². The maximum atomic E-state index is 12.8. The lowest BCUT2D eigenvalue weighted by Gasteiger charge is -2.31. The number of carbonyl (C=O) groups is 3. The number of carbonyl (C=O) groups excluding carboxylic acids is 3. The van der Waals surface area contributed by atoms with Gasteiger partial charge in [0, 0.05) is 16.7 Å². The van der Waals surface area contributed by atoms with Crippen molar-refractivity contribution in [3.63, 3.8) is 0 Å². The van der Waals surface area contributed by atoms with Crippen molar-refractivity contribution >= 4 is 34.8 Å². The van der Waals surface area contributed by atoms with Crippen LogP contribution in [-0.2, 0) is 9.53 Å². The number of hydrogen-bond donors (Lipinski definition) is 4. The largest absolute Gasteiger partial charge is 0.508 e. The molecule has 0 radical (unpaired) electrons. The lowest BCUT2D eigenvalue weighted by atomic mass is 9.82. The summed E-state index contributed by atoms with van der Waals surface area (Å²) in [6, 6.07) is 19.6. The van der Waals surface area contributed by atoms with Crippen LogP contribution < -0.4 is 16.4 Å². The molecule has 1 atom stereocenters. The fourth-order valence-corrected chi connectivity index (χ4v) is 3.50. The van der Waals surface area contributed by atoms with Gasteiger partial charge in [0.1, 0.15) is 11.9 Å². The molecule has 2 amide bonds. The van der Waals surface area contributed by atoms with Crippen LogP contribution in [0.15, 0.2) is 84.9 Å². The summed E-state index contributed by atoms with van der Waals surface area (Å²) in [6.07, 6.45) is 1.49. The Hall–Kier alpha value is -4.59. The smallest absolute Gasteiger partial charge is 0.412 e. The number of Topliss-reactive ketones (excluding diaryl/α,β-unsaturated/α-hetero) is 1. The number of rotatable bonds is 8. The standard InChI is InChI=1S/C28H29N3O5/c1-18(32)19-8-12-21(13-9-19)30-27(35)36-26(20-10-14-22(33)15-11-20)28(2,3)17-16-25(34)31-24-7-5-4-6-23(24)29/h4-17,26,33H,29H2,1-3H3,(H,30,35)(H,31,34)/b17-16+/t26-/m1/s1. The van der Waals surface area contributed by atoms with E-state index in [9.17, 15) is 19.5 Å². The fourth-order valence-electron chi connectivity index (χ4n) is 3.50. The zero-order valence-electron chi connectivity index (χ0n) is 20.3. The van der Waals surface area contributed by atoms with Crippen LogP contribution in [0.4, 0.5) is 21.9 Å². The highest BCUT2D eigenvalue weighted by atomic mass is 16.6. The molecule has 0 heterocycles. The molecule has 0 fully saturated rings. The maximum Gasteiger partial charge on any atom is 0.412 e. The molecule has 0 bridgehead atoms. The molecule has 3 aromatic rings. The molecule has 8 heteroatoms. The number of anilines is 3. The molecular weight excluding hydrogens is 458 g/mol. The van der Waals surface area contributed by atoms with Gasteiger partial charge in [-0.15, -0.1) is 0 Å². The van der Waals surface area contributed by atoms with E-state index in [2.05, 4.69) is 10.6 Å². The minimum absolute atomic E-state index is 0.0701. The van der Waals surface area contributed by atoms with E-state index in [1.807, 2.05) is 13.8 Å². The zero-order chi connectivity index (χ0) is 26.3. The van der Waals surface area contributed by atoms with Gasteiger partial charge in [-0.1, -0.05) is 44.2 Å². The van der Waals surface area contributed by atoms with E-state index in [0.717, 1.165) is 0 Å². The van der Waals surface area contributed by atoms with Crippen molar-refractivity contribution < 1.29 is 24.2 Å². The SMILES string of the molecule is CC(=O)c1ccc(NC(=O)O[C@H](c2ccc(O)cc2)C(C)(C)/C=C/C(=O)Nc2ccccc2N)cc1. The lowest BCUT2D eigenvalue weighted by molar-refractivity contribution is -0.112. The van der Waals surface area contributed by atoms with Gasteiger partial charge >= 0.3 is 6.09 Å². The molecule has 0 aromatic heterocycles. The van der Waals surface area contributed by atoms with Gasteiger partial charge in [-0.3, -0.25) is 14.9 Å². The number of nitrogens with one attached hydrogen (secondary N) is 2. The highest BCUT2D eigenvalue weighted by Gasteiger charge is 2.32. The third-order valence-corrected chi connectivity index (χ3v) is 5.52. The molecule has 8 nitrogen and oxygen atoms in total. The molecule has 0 spiro atoms. The van der Waals surface area contributed by atoms with Crippen LogP contribution in [0.3, 0.4) is 0 Å². The van der Waals surface area contributed by atoms with Gasteiger partial charge in [0.15, 0.2) is 5.78 Å². The second-order valence-electron chi connectivity index (χ2n) is 8.87. The molecule has 0 saturated carbocycles. The number of para-hydroxylation sites is 2. The summed E-state index contributed by atoms with van der Waals surface area (Å²) in [5.74, 6) is -0.398. The Morgan fingerprint density at radius 2 is 1.58 bits per heavy atom. The van der Waals surface area contributed by atoms with E-state index < -0.39 is 17.6 Å². The first-order valence-corrected chi connectivity index (χ1v) is 11.3. The monoisotopic (exact) mass is 487 g/mol. The Morgan fingerprint density at radius 1 is 0.944 bits per heavy atom. The highest BCUT2D eigenvalue weighted by Crippen LogP contribution is 2.39. The Labute approximate surface area is 209 Å². The number of nitrogens with two attached hydrogens (primary N) is 1. The molecule has 3 rings (SSSR count). The van der Waals surface area contributed by atoms with Crippen molar-refractivity contribution in [2.75, 3.05) is 16.4 Å². The average Bonchev–Trinajstić information content (AvgIpc) is 2.84. The normalized spacial score (nSPS) is 12.1. The van der Waals surface area contributed by atoms with Gasteiger partial charge in [0.2, 0.25) is 5.91 Å². The van der Waals surface area contributed by atoms with Gasteiger partial charge in [-0.05, 0) is 67.1 Å². The second kappa shape index (κ2) is 11.2. The van der Waals surface area contributed by atoms with Crippen molar-refractivity contribution in [2.24, 2.45) is 5.41 Å². The minimum atomic E-state index is -0.827. The third-order valence-electron chi connectivity index (χ3n) is 5.52. The predicted molar refractivity (Wildman–Crippen MR) is 140 cm³/mol. The van der Waals surface area contributed by atoms with Crippen LogP contribution in [0.5, 0.6) is 5.75 Å². The Bertz CT molecular complexity index is 1270. The maximum absolute atomic E-state index is 12.8.